The fourth-order valence-electron chi connectivity index (χ4n) is 2.51. The third kappa shape index (κ3) is 1.64. The second-order valence-electron chi connectivity index (χ2n) is 4.66. The Morgan fingerprint density at radius 2 is 1.35 bits per heavy atom. The van der Waals surface area contributed by atoms with Crippen molar-refractivity contribution in [3.8, 4) is 11.4 Å². The highest BCUT2D eigenvalue weighted by Gasteiger charge is 2.10. The predicted molar refractivity (Wildman–Crippen MR) is 80.3 cm³/mol. The predicted octanol–water partition coefficient (Wildman–Crippen LogP) is 3.85. The van der Waals surface area contributed by atoms with Crippen molar-refractivity contribution >= 4 is 21.5 Å². The molecule has 0 bridgehead atoms. The Kier molecular flexibility index (Phi) is 2.42. The first kappa shape index (κ1) is 11.1. The minimum absolute atomic E-state index is 0.833. The SMILES string of the molecule is c1ccc2c(-c3nncc4ccccc34)nccc2c1. The molecule has 0 spiro atoms. The van der Waals surface area contributed by atoms with Gasteiger partial charge in [0, 0.05) is 22.4 Å². The number of nitrogens with zero attached hydrogens (tertiary/aromatic N) is 3. The molecule has 0 aliphatic carbocycles. The van der Waals surface area contributed by atoms with Gasteiger partial charge in [0.2, 0.25) is 0 Å². The summed E-state index contributed by atoms with van der Waals surface area (Å²) in [7, 11) is 0. The van der Waals surface area contributed by atoms with E-state index in [0.29, 0.717) is 0 Å². The second kappa shape index (κ2) is 4.38. The zero-order valence-corrected chi connectivity index (χ0v) is 10.7. The van der Waals surface area contributed by atoms with E-state index in [2.05, 4.69) is 33.4 Å². The van der Waals surface area contributed by atoms with Crippen LogP contribution in [0.5, 0.6) is 0 Å². The highest BCUT2D eigenvalue weighted by atomic mass is 15.1. The Balaban J connectivity index is 2.12. The molecule has 0 saturated carbocycles. The van der Waals surface area contributed by atoms with E-state index >= 15 is 0 Å². The Bertz CT molecular complexity index is 828. The van der Waals surface area contributed by atoms with Crippen LogP contribution in [0.3, 0.4) is 0 Å². The summed E-state index contributed by atoms with van der Waals surface area (Å²) in [5, 5.41) is 12.8. The van der Waals surface area contributed by atoms with Gasteiger partial charge in [-0.25, -0.2) is 0 Å². The van der Waals surface area contributed by atoms with E-state index in [-0.39, 0.29) is 0 Å². The lowest BCUT2D eigenvalue weighted by molar-refractivity contribution is 1.05. The number of aromatic nitrogens is 3. The van der Waals surface area contributed by atoms with Crippen molar-refractivity contribution in [1.29, 1.82) is 0 Å². The molecule has 0 amide bonds. The summed E-state index contributed by atoms with van der Waals surface area (Å²) in [6.45, 7) is 0. The lowest BCUT2D eigenvalue weighted by atomic mass is 10.0. The molecule has 94 valence electrons. The fraction of sp³-hybridized carbons (Fsp3) is 0. The van der Waals surface area contributed by atoms with Gasteiger partial charge < -0.3 is 0 Å². The lowest BCUT2D eigenvalue weighted by Gasteiger charge is -2.07. The van der Waals surface area contributed by atoms with Crippen molar-refractivity contribution in [2.75, 3.05) is 0 Å². The summed E-state index contributed by atoms with van der Waals surface area (Å²) in [4.78, 5) is 4.52. The summed E-state index contributed by atoms with van der Waals surface area (Å²) in [5.74, 6) is 0. The molecule has 0 N–H and O–H groups in total. The van der Waals surface area contributed by atoms with Crippen molar-refractivity contribution in [1.82, 2.24) is 15.2 Å². The van der Waals surface area contributed by atoms with E-state index in [1.165, 1.54) is 0 Å². The molecule has 0 saturated heterocycles. The third-order valence-corrected chi connectivity index (χ3v) is 3.47. The molecule has 0 fully saturated rings. The average molecular weight is 257 g/mol. The molecule has 4 rings (SSSR count). The van der Waals surface area contributed by atoms with Gasteiger partial charge in [0.05, 0.1) is 11.9 Å². The molecule has 2 aromatic carbocycles. The van der Waals surface area contributed by atoms with E-state index < -0.39 is 0 Å². The van der Waals surface area contributed by atoms with Gasteiger partial charge in [-0.3, -0.25) is 4.98 Å². The summed E-state index contributed by atoms with van der Waals surface area (Å²) in [6, 6.07) is 18.3. The number of fused-ring (bicyclic) bond motifs is 2. The van der Waals surface area contributed by atoms with Crippen molar-refractivity contribution in [3.63, 3.8) is 0 Å². The zero-order chi connectivity index (χ0) is 13.4. The van der Waals surface area contributed by atoms with Gasteiger partial charge in [-0.15, -0.1) is 5.10 Å². The standard InChI is InChI=1S/C17H11N3/c1-3-7-14-12(5-1)9-10-18-16(14)17-15-8-4-2-6-13(15)11-19-20-17/h1-11H. The quantitative estimate of drug-likeness (QED) is 0.520. The maximum atomic E-state index is 4.52. The van der Waals surface area contributed by atoms with Crippen LogP contribution < -0.4 is 0 Å². The van der Waals surface area contributed by atoms with Crippen molar-refractivity contribution < 1.29 is 0 Å². The Labute approximate surface area is 115 Å². The second-order valence-corrected chi connectivity index (χ2v) is 4.66. The normalized spacial score (nSPS) is 11.0. The van der Waals surface area contributed by atoms with E-state index in [1.807, 2.05) is 42.6 Å². The smallest absolute Gasteiger partial charge is 0.120 e. The van der Waals surface area contributed by atoms with Crippen LogP contribution in [0.4, 0.5) is 0 Å². The first-order chi connectivity index (χ1) is 9.93. The molecule has 0 unspecified atom stereocenters. The maximum absolute atomic E-state index is 4.52. The van der Waals surface area contributed by atoms with Crippen LogP contribution in [0.15, 0.2) is 67.0 Å². The molecule has 0 atom stereocenters. The zero-order valence-electron chi connectivity index (χ0n) is 10.7. The third-order valence-electron chi connectivity index (χ3n) is 3.47. The molecule has 0 aliphatic heterocycles. The summed E-state index contributed by atoms with van der Waals surface area (Å²) >= 11 is 0. The van der Waals surface area contributed by atoms with Gasteiger partial charge >= 0.3 is 0 Å². The molecule has 20 heavy (non-hydrogen) atoms. The Morgan fingerprint density at radius 1 is 0.650 bits per heavy atom. The Hall–Kier alpha value is -2.81. The van der Waals surface area contributed by atoms with E-state index in [1.54, 1.807) is 6.20 Å². The van der Waals surface area contributed by atoms with Crippen LogP contribution >= 0.6 is 0 Å². The largest absolute Gasteiger partial charge is 0.254 e. The number of benzene rings is 2. The fourth-order valence-corrected chi connectivity index (χ4v) is 2.51. The summed E-state index contributed by atoms with van der Waals surface area (Å²) in [6.07, 6.45) is 3.60. The molecule has 3 heteroatoms. The number of pyridine rings is 1. The van der Waals surface area contributed by atoms with Crippen LogP contribution in [0.25, 0.3) is 32.9 Å². The number of rotatable bonds is 1. The van der Waals surface area contributed by atoms with Gasteiger partial charge in [-0.1, -0.05) is 48.5 Å². The monoisotopic (exact) mass is 257 g/mol. The highest BCUT2D eigenvalue weighted by Crippen LogP contribution is 2.29. The van der Waals surface area contributed by atoms with Crippen molar-refractivity contribution in [3.05, 3.63) is 67.0 Å². The molecule has 4 aromatic rings. The first-order valence-corrected chi connectivity index (χ1v) is 6.48. The van der Waals surface area contributed by atoms with E-state index in [9.17, 15) is 0 Å². The molecular formula is C17H11N3. The van der Waals surface area contributed by atoms with Crippen molar-refractivity contribution in [2.24, 2.45) is 0 Å². The lowest BCUT2D eigenvalue weighted by Crippen LogP contribution is -1.93. The first-order valence-electron chi connectivity index (χ1n) is 6.48. The van der Waals surface area contributed by atoms with Crippen LogP contribution in [0.2, 0.25) is 0 Å². The summed E-state index contributed by atoms with van der Waals surface area (Å²) in [5.41, 5.74) is 1.72. The van der Waals surface area contributed by atoms with Gasteiger partial charge in [0.25, 0.3) is 0 Å². The molecule has 2 heterocycles. The maximum Gasteiger partial charge on any atom is 0.120 e. The minimum Gasteiger partial charge on any atom is -0.254 e. The Morgan fingerprint density at radius 3 is 2.20 bits per heavy atom. The van der Waals surface area contributed by atoms with Crippen LogP contribution in [0.1, 0.15) is 0 Å². The molecule has 0 radical (unpaired) electrons. The van der Waals surface area contributed by atoms with Crippen molar-refractivity contribution in [2.45, 2.75) is 0 Å². The molecule has 3 nitrogen and oxygen atoms in total. The minimum atomic E-state index is 0.833. The molecule has 2 aromatic heterocycles. The highest BCUT2D eigenvalue weighted by molar-refractivity contribution is 6.01. The van der Waals surface area contributed by atoms with Gasteiger partial charge in [-0.05, 0) is 11.5 Å². The number of hydrogen-bond acceptors (Lipinski definition) is 3. The van der Waals surface area contributed by atoms with Gasteiger partial charge in [-0.2, -0.15) is 5.10 Å². The molecule has 0 aliphatic rings. The van der Waals surface area contributed by atoms with Gasteiger partial charge in [0.1, 0.15) is 5.69 Å². The van der Waals surface area contributed by atoms with E-state index in [0.717, 1.165) is 32.9 Å². The van der Waals surface area contributed by atoms with Crippen LogP contribution in [-0.4, -0.2) is 15.2 Å². The van der Waals surface area contributed by atoms with Crippen LogP contribution in [-0.2, 0) is 0 Å². The topological polar surface area (TPSA) is 38.7 Å². The summed E-state index contributed by atoms with van der Waals surface area (Å²) < 4.78 is 0. The average Bonchev–Trinajstić information content (AvgIpc) is 2.54. The van der Waals surface area contributed by atoms with E-state index in [4.69, 9.17) is 0 Å². The number of hydrogen-bond donors (Lipinski definition) is 0. The van der Waals surface area contributed by atoms with Crippen LogP contribution in [0, 0.1) is 0 Å². The van der Waals surface area contributed by atoms with Gasteiger partial charge in [0.15, 0.2) is 0 Å². The molecular weight excluding hydrogens is 246 g/mol.